The van der Waals surface area contributed by atoms with E-state index in [1.165, 1.54) is 0 Å². The zero-order valence-corrected chi connectivity index (χ0v) is 7.35. The van der Waals surface area contributed by atoms with Crippen LogP contribution >= 0.6 is 23.2 Å². The number of hydrogen-bond acceptors (Lipinski definition) is 3. The van der Waals surface area contributed by atoms with Gasteiger partial charge in [-0.3, -0.25) is 4.79 Å². The Morgan fingerprint density at radius 2 is 1.73 bits per heavy atom. The summed E-state index contributed by atoms with van der Waals surface area (Å²) in [5.74, 6) is -0.477. The van der Waals surface area contributed by atoms with Crippen molar-refractivity contribution in [3.63, 3.8) is 0 Å². The van der Waals surface area contributed by atoms with Crippen molar-refractivity contribution < 1.29 is 15.0 Å². The molecule has 4 N–H and O–H groups in total. The quantitative estimate of drug-likeness (QED) is 0.548. The van der Waals surface area contributed by atoms with E-state index in [1.807, 2.05) is 0 Å². The maximum atomic E-state index is 9.86. The predicted molar refractivity (Wildman–Crippen MR) is 43.5 cm³/mol. The summed E-state index contributed by atoms with van der Waals surface area (Å²) in [7, 11) is 0. The van der Waals surface area contributed by atoms with E-state index >= 15 is 0 Å². The van der Waals surface area contributed by atoms with Crippen molar-refractivity contribution in [3.8, 4) is 0 Å². The monoisotopic (exact) mass is 203 g/mol. The van der Waals surface area contributed by atoms with Crippen LogP contribution in [0.4, 0.5) is 0 Å². The van der Waals surface area contributed by atoms with Crippen molar-refractivity contribution in [1.82, 2.24) is 0 Å². The second-order valence-electron chi connectivity index (χ2n) is 1.51. The third-order valence-electron chi connectivity index (χ3n) is 0.455. The highest BCUT2D eigenvalue weighted by Crippen LogP contribution is 2.04. The second kappa shape index (κ2) is 9.97. The number of carbonyl (C=O) groups is 1. The fourth-order valence-electron chi connectivity index (χ4n) is 0.152. The van der Waals surface area contributed by atoms with Crippen LogP contribution in [-0.2, 0) is 4.79 Å². The zero-order valence-electron chi connectivity index (χ0n) is 5.83. The number of aliphatic hydroxyl groups is 2. The molecular weight excluding hydrogens is 193 g/mol. The molecule has 1 amide bonds. The molecule has 0 unspecified atom stereocenters. The Labute approximate surface area is 74.9 Å². The molecule has 0 aromatic carbocycles. The zero-order chi connectivity index (χ0) is 9.28. The predicted octanol–water partition coefficient (Wildman–Crippen LogP) is -0.364. The molecule has 0 aliphatic heterocycles. The van der Waals surface area contributed by atoms with Crippen LogP contribution in [0.1, 0.15) is 6.42 Å². The fourth-order valence-corrected chi connectivity index (χ4v) is 0.456. The van der Waals surface area contributed by atoms with Gasteiger partial charge >= 0.3 is 0 Å². The van der Waals surface area contributed by atoms with Gasteiger partial charge in [-0.1, -0.05) is 0 Å². The number of halogens is 2. The summed E-state index contributed by atoms with van der Waals surface area (Å²) in [6.45, 7) is -0.250. The molecule has 0 saturated carbocycles. The number of carbonyl (C=O) groups excluding carboxylic acids is 1. The smallest absolute Gasteiger partial charge is 0.220 e. The lowest BCUT2D eigenvalue weighted by Gasteiger charge is -1.90. The van der Waals surface area contributed by atoms with Gasteiger partial charge in [-0.2, -0.15) is 0 Å². The average molecular weight is 204 g/mol. The normalized spacial score (nSPS) is 8.82. The third kappa shape index (κ3) is 25.6. The minimum atomic E-state index is -0.655. The van der Waals surface area contributed by atoms with Gasteiger partial charge in [-0.25, -0.2) is 0 Å². The number of alkyl halides is 2. The van der Waals surface area contributed by atoms with E-state index in [4.69, 9.17) is 33.4 Å². The molecule has 0 saturated heterocycles. The Morgan fingerprint density at radius 3 is 1.73 bits per heavy atom. The lowest BCUT2D eigenvalue weighted by atomic mass is 10.5. The van der Waals surface area contributed by atoms with Gasteiger partial charge in [0.1, 0.15) is 4.84 Å². The van der Waals surface area contributed by atoms with Crippen molar-refractivity contribution in [2.45, 2.75) is 11.3 Å². The number of nitrogens with two attached hydrogens (primary N) is 1. The molecule has 68 valence electrons. The molecule has 0 aliphatic carbocycles. The topological polar surface area (TPSA) is 83.6 Å². The SMILES string of the molecule is NC(=O)CC(Cl)Cl.OCCO. The highest BCUT2D eigenvalue weighted by molar-refractivity contribution is 6.45. The molecule has 0 aliphatic rings. The van der Waals surface area contributed by atoms with Gasteiger partial charge in [0.15, 0.2) is 0 Å². The molecule has 11 heavy (non-hydrogen) atoms. The largest absolute Gasteiger partial charge is 0.394 e. The second-order valence-corrected chi connectivity index (χ2v) is 2.79. The summed E-state index contributed by atoms with van der Waals surface area (Å²) in [6.07, 6.45) is 0.0309. The van der Waals surface area contributed by atoms with E-state index in [2.05, 4.69) is 5.73 Å². The van der Waals surface area contributed by atoms with E-state index < -0.39 is 10.7 Å². The van der Waals surface area contributed by atoms with Crippen molar-refractivity contribution in [1.29, 1.82) is 0 Å². The minimum absolute atomic E-state index is 0.0309. The van der Waals surface area contributed by atoms with Gasteiger partial charge in [-0.05, 0) is 0 Å². The van der Waals surface area contributed by atoms with Crippen LogP contribution in [0.25, 0.3) is 0 Å². The third-order valence-corrected chi connectivity index (χ3v) is 0.764. The number of amides is 1. The number of rotatable bonds is 3. The van der Waals surface area contributed by atoms with E-state index in [9.17, 15) is 4.79 Å². The van der Waals surface area contributed by atoms with Crippen LogP contribution in [0.3, 0.4) is 0 Å². The highest BCUT2D eigenvalue weighted by Gasteiger charge is 2.00. The average Bonchev–Trinajstić information content (AvgIpc) is 1.85. The molecule has 4 nitrogen and oxygen atoms in total. The van der Waals surface area contributed by atoms with Gasteiger partial charge in [-0.15, -0.1) is 23.2 Å². The summed E-state index contributed by atoms with van der Waals surface area (Å²) in [6, 6.07) is 0. The van der Waals surface area contributed by atoms with E-state index in [1.54, 1.807) is 0 Å². The molecule has 0 radical (unpaired) electrons. The molecular formula is C5H11Cl2NO3. The van der Waals surface area contributed by atoms with Crippen LogP contribution in [-0.4, -0.2) is 34.2 Å². The van der Waals surface area contributed by atoms with Crippen LogP contribution in [0, 0.1) is 0 Å². The van der Waals surface area contributed by atoms with Crippen LogP contribution in [0.2, 0.25) is 0 Å². The first-order chi connectivity index (χ1) is 5.04. The first-order valence-corrected chi connectivity index (χ1v) is 3.70. The molecule has 0 fully saturated rings. The van der Waals surface area contributed by atoms with Gasteiger partial charge in [0.2, 0.25) is 5.91 Å². The molecule has 6 heteroatoms. The minimum Gasteiger partial charge on any atom is -0.394 e. The van der Waals surface area contributed by atoms with Crippen molar-refractivity contribution >= 4 is 29.1 Å². The number of aliphatic hydroxyl groups excluding tert-OH is 2. The van der Waals surface area contributed by atoms with E-state index in [0.717, 1.165) is 0 Å². The molecule has 0 aromatic heterocycles. The summed E-state index contributed by atoms with van der Waals surface area (Å²) >= 11 is 10.3. The van der Waals surface area contributed by atoms with Crippen molar-refractivity contribution in [2.24, 2.45) is 5.73 Å². The first kappa shape index (κ1) is 13.6. The lowest BCUT2D eigenvalue weighted by molar-refractivity contribution is -0.117. The van der Waals surface area contributed by atoms with E-state index in [0.29, 0.717) is 0 Å². The standard InChI is InChI=1S/C3H5Cl2NO.C2H6O2/c4-2(5)1-3(6)7;3-1-2-4/h2H,1H2,(H2,6,7);3-4H,1-2H2. The highest BCUT2D eigenvalue weighted by atomic mass is 35.5. The Bertz CT molecular complexity index is 97.7. The fraction of sp³-hybridized carbons (Fsp3) is 0.800. The number of hydrogen-bond donors (Lipinski definition) is 3. The molecule has 0 bridgehead atoms. The number of primary amides is 1. The van der Waals surface area contributed by atoms with Crippen LogP contribution in [0.5, 0.6) is 0 Å². The Balaban J connectivity index is 0. The Morgan fingerprint density at radius 1 is 1.36 bits per heavy atom. The van der Waals surface area contributed by atoms with Gasteiger partial charge in [0.25, 0.3) is 0 Å². The maximum absolute atomic E-state index is 9.86. The van der Waals surface area contributed by atoms with E-state index in [-0.39, 0.29) is 19.6 Å². The van der Waals surface area contributed by atoms with Gasteiger partial charge < -0.3 is 15.9 Å². The summed E-state index contributed by atoms with van der Waals surface area (Å²) in [5.41, 5.74) is 4.69. The first-order valence-electron chi connectivity index (χ1n) is 2.82. The van der Waals surface area contributed by atoms with Crippen molar-refractivity contribution in [3.05, 3.63) is 0 Å². The van der Waals surface area contributed by atoms with Crippen LogP contribution in [0.15, 0.2) is 0 Å². The summed E-state index contributed by atoms with van der Waals surface area (Å²) < 4.78 is 0. The Kier molecular flexibility index (Phi) is 12.3. The molecule has 0 rings (SSSR count). The molecule has 0 spiro atoms. The van der Waals surface area contributed by atoms with Crippen molar-refractivity contribution in [2.75, 3.05) is 13.2 Å². The van der Waals surface area contributed by atoms with Crippen LogP contribution < -0.4 is 5.73 Å². The summed E-state index contributed by atoms with van der Waals surface area (Å²) in [4.78, 5) is 9.21. The van der Waals surface area contributed by atoms with Gasteiger partial charge in [0, 0.05) is 0 Å². The summed E-state index contributed by atoms with van der Waals surface area (Å²) in [5, 5.41) is 15.2. The Hall–Kier alpha value is -0.0300. The van der Waals surface area contributed by atoms with Gasteiger partial charge in [0.05, 0.1) is 19.6 Å². The molecule has 0 heterocycles. The lowest BCUT2D eigenvalue weighted by Crippen LogP contribution is -2.13. The molecule has 0 atom stereocenters. The molecule has 0 aromatic rings. The maximum Gasteiger partial charge on any atom is 0.220 e.